The number of benzene rings is 1. The third-order valence-electron chi connectivity index (χ3n) is 4.63. The van der Waals surface area contributed by atoms with Crippen molar-refractivity contribution in [1.29, 1.82) is 0 Å². The largest absolute Gasteiger partial charge is 0.393 e. The number of nitrogens with zero attached hydrogens (tertiary/aromatic N) is 1. The molecule has 0 aromatic heterocycles. The normalized spacial score (nSPS) is 28.9. The molecule has 6 heteroatoms. The van der Waals surface area contributed by atoms with Gasteiger partial charge in [-0.2, -0.15) is 0 Å². The number of carbonyl (C=O) groups excluding carboxylic acids is 1. The summed E-state index contributed by atoms with van der Waals surface area (Å²) in [7, 11) is 0. The highest BCUT2D eigenvalue weighted by atomic mass is 35.5. The maximum absolute atomic E-state index is 13.6. The van der Waals surface area contributed by atoms with Crippen molar-refractivity contribution in [3.05, 3.63) is 34.6 Å². The molecule has 2 fully saturated rings. The fourth-order valence-corrected chi connectivity index (χ4v) is 3.68. The van der Waals surface area contributed by atoms with Crippen LogP contribution in [-0.2, 0) is 4.74 Å². The Hall–Kier alpha value is -1.17. The molecule has 0 bridgehead atoms. The molecule has 0 radical (unpaired) electrons. The van der Waals surface area contributed by atoms with E-state index in [-0.39, 0.29) is 28.5 Å². The number of ether oxygens (including phenoxy) is 1. The summed E-state index contributed by atoms with van der Waals surface area (Å²) in [6.45, 7) is 1.28. The number of amides is 1. The SMILES string of the molecule is O=C(c1cccc(F)c1Cl)N1CCOCC1C1CCCC1O. The highest BCUT2D eigenvalue weighted by molar-refractivity contribution is 6.34. The predicted molar refractivity (Wildman–Crippen MR) is 80.4 cm³/mol. The van der Waals surface area contributed by atoms with Crippen LogP contribution in [0.1, 0.15) is 29.6 Å². The second-order valence-corrected chi connectivity index (χ2v) is 6.28. The predicted octanol–water partition coefficient (Wildman–Crippen LogP) is 2.48. The first-order valence-corrected chi connectivity index (χ1v) is 7.98. The summed E-state index contributed by atoms with van der Waals surface area (Å²) < 4.78 is 19.1. The summed E-state index contributed by atoms with van der Waals surface area (Å²) in [4.78, 5) is 14.5. The van der Waals surface area contributed by atoms with E-state index in [0.29, 0.717) is 19.8 Å². The zero-order valence-electron chi connectivity index (χ0n) is 12.2. The van der Waals surface area contributed by atoms with Gasteiger partial charge in [-0.3, -0.25) is 4.79 Å². The van der Waals surface area contributed by atoms with Gasteiger partial charge in [0.25, 0.3) is 5.91 Å². The minimum atomic E-state index is -0.599. The topological polar surface area (TPSA) is 49.8 Å². The van der Waals surface area contributed by atoms with Crippen molar-refractivity contribution < 1.29 is 19.0 Å². The molecule has 4 nitrogen and oxygen atoms in total. The van der Waals surface area contributed by atoms with Gasteiger partial charge in [-0.1, -0.05) is 24.1 Å². The summed E-state index contributed by atoms with van der Waals surface area (Å²) in [5.41, 5.74) is 0.168. The molecule has 22 heavy (non-hydrogen) atoms. The summed E-state index contributed by atoms with van der Waals surface area (Å²) in [6, 6.07) is 4.06. The molecule has 120 valence electrons. The van der Waals surface area contributed by atoms with Gasteiger partial charge >= 0.3 is 0 Å². The molecule has 3 rings (SSSR count). The lowest BCUT2D eigenvalue weighted by molar-refractivity contribution is -0.0383. The first-order chi connectivity index (χ1) is 10.6. The molecule has 1 aliphatic heterocycles. The highest BCUT2D eigenvalue weighted by Crippen LogP contribution is 2.33. The Labute approximate surface area is 133 Å². The Bertz CT molecular complexity index is 568. The van der Waals surface area contributed by atoms with Crippen molar-refractivity contribution in [1.82, 2.24) is 4.90 Å². The van der Waals surface area contributed by atoms with E-state index in [1.165, 1.54) is 18.2 Å². The maximum atomic E-state index is 13.6. The molecule has 3 unspecified atom stereocenters. The molecule has 1 amide bonds. The van der Waals surface area contributed by atoms with Crippen LogP contribution < -0.4 is 0 Å². The third kappa shape index (κ3) is 2.85. The van der Waals surface area contributed by atoms with Gasteiger partial charge in [-0.25, -0.2) is 4.39 Å². The van der Waals surface area contributed by atoms with Crippen molar-refractivity contribution in [2.45, 2.75) is 31.4 Å². The fourth-order valence-electron chi connectivity index (χ4n) is 3.47. The van der Waals surface area contributed by atoms with Crippen LogP contribution in [0.15, 0.2) is 18.2 Å². The monoisotopic (exact) mass is 327 g/mol. The molecule has 1 heterocycles. The smallest absolute Gasteiger partial charge is 0.255 e. The Morgan fingerprint density at radius 1 is 1.41 bits per heavy atom. The Kier molecular flexibility index (Phi) is 4.66. The highest BCUT2D eigenvalue weighted by Gasteiger charge is 2.40. The van der Waals surface area contributed by atoms with Crippen molar-refractivity contribution >= 4 is 17.5 Å². The van der Waals surface area contributed by atoms with Crippen LogP contribution in [0.5, 0.6) is 0 Å². The van der Waals surface area contributed by atoms with E-state index < -0.39 is 11.9 Å². The molecular weight excluding hydrogens is 309 g/mol. The number of hydrogen-bond acceptors (Lipinski definition) is 3. The van der Waals surface area contributed by atoms with Gasteiger partial charge in [0.1, 0.15) is 5.82 Å². The van der Waals surface area contributed by atoms with Crippen molar-refractivity contribution in [2.75, 3.05) is 19.8 Å². The second-order valence-electron chi connectivity index (χ2n) is 5.90. The fraction of sp³-hybridized carbons (Fsp3) is 0.562. The third-order valence-corrected chi connectivity index (χ3v) is 5.02. The molecule has 2 aliphatic rings. The van der Waals surface area contributed by atoms with Gasteiger partial charge in [0.15, 0.2) is 0 Å². The molecule has 1 saturated heterocycles. The van der Waals surface area contributed by atoms with Crippen LogP contribution in [-0.4, -0.2) is 47.8 Å². The summed E-state index contributed by atoms with van der Waals surface area (Å²) in [5.74, 6) is -0.883. The average Bonchev–Trinajstić information content (AvgIpc) is 2.95. The van der Waals surface area contributed by atoms with Gasteiger partial charge in [-0.05, 0) is 25.0 Å². The molecule has 1 aromatic carbocycles. The number of aliphatic hydroxyl groups excluding tert-OH is 1. The first-order valence-electron chi connectivity index (χ1n) is 7.60. The lowest BCUT2D eigenvalue weighted by Gasteiger charge is -2.40. The van der Waals surface area contributed by atoms with Crippen LogP contribution in [0.25, 0.3) is 0 Å². The van der Waals surface area contributed by atoms with E-state index in [9.17, 15) is 14.3 Å². The summed E-state index contributed by atoms with van der Waals surface area (Å²) in [6.07, 6.45) is 2.16. The quantitative estimate of drug-likeness (QED) is 0.908. The zero-order chi connectivity index (χ0) is 15.7. The minimum Gasteiger partial charge on any atom is -0.393 e. The van der Waals surface area contributed by atoms with Gasteiger partial charge in [0, 0.05) is 12.5 Å². The molecule has 0 spiro atoms. The number of carbonyl (C=O) groups is 1. The summed E-state index contributed by atoms with van der Waals surface area (Å²) in [5, 5.41) is 9.98. The van der Waals surface area contributed by atoms with E-state index in [1.54, 1.807) is 4.90 Å². The van der Waals surface area contributed by atoms with Crippen LogP contribution in [0.2, 0.25) is 5.02 Å². The standard InChI is InChI=1S/C16H19ClFNO3/c17-15-11(4-1-5-12(15)18)16(21)19-7-8-22-9-13(19)10-3-2-6-14(10)20/h1,4-5,10,13-14,20H,2-3,6-9H2. The number of morpholine rings is 1. The van der Waals surface area contributed by atoms with Gasteiger partial charge < -0.3 is 14.7 Å². The van der Waals surface area contributed by atoms with Crippen LogP contribution >= 0.6 is 11.6 Å². The average molecular weight is 328 g/mol. The van der Waals surface area contributed by atoms with E-state index in [4.69, 9.17) is 16.3 Å². The van der Waals surface area contributed by atoms with E-state index in [2.05, 4.69) is 0 Å². The van der Waals surface area contributed by atoms with Crippen LogP contribution in [0.4, 0.5) is 4.39 Å². The first kappa shape index (κ1) is 15.7. The number of aliphatic hydroxyl groups is 1. The van der Waals surface area contributed by atoms with Gasteiger partial charge in [0.2, 0.25) is 0 Å². The minimum absolute atomic E-state index is 0.0107. The van der Waals surface area contributed by atoms with E-state index >= 15 is 0 Å². The molecule has 1 saturated carbocycles. The lowest BCUT2D eigenvalue weighted by atomic mass is 9.93. The van der Waals surface area contributed by atoms with Gasteiger partial charge in [0.05, 0.1) is 35.9 Å². The van der Waals surface area contributed by atoms with Crippen LogP contribution in [0, 0.1) is 11.7 Å². The molecule has 1 N–H and O–H groups in total. The summed E-state index contributed by atoms with van der Waals surface area (Å²) >= 11 is 5.94. The zero-order valence-corrected chi connectivity index (χ0v) is 12.9. The van der Waals surface area contributed by atoms with Crippen LogP contribution in [0.3, 0.4) is 0 Å². The van der Waals surface area contributed by atoms with Gasteiger partial charge in [-0.15, -0.1) is 0 Å². The maximum Gasteiger partial charge on any atom is 0.255 e. The Morgan fingerprint density at radius 3 is 2.95 bits per heavy atom. The lowest BCUT2D eigenvalue weighted by Crippen LogP contribution is -2.53. The molecule has 3 atom stereocenters. The molecule has 1 aromatic rings. The molecular formula is C16H19ClFNO3. The number of rotatable bonds is 2. The molecule has 1 aliphatic carbocycles. The van der Waals surface area contributed by atoms with E-state index in [1.807, 2.05) is 0 Å². The number of hydrogen-bond donors (Lipinski definition) is 1. The second kappa shape index (κ2) is 6.52. The van der Waals surface area contributed by atoms with Crippen molar-refractivity contribution in [3.63, 3.8) is 0 Å². The van der Waals surface area contributed by atoms with Crippen molar-refractivity contribution in [2.24, 2.45) is 5.92 Å². The Morgan fingerprint density at radius 2 is 2.23 bits per heavy atom. The van der Waals surface area contributed by atoms with Crippen molar-refractivity contribution in [3.8, 4) is 0 Å². The number of halogens is 2. The van der Waals surface area contributed by atoms with E-state index in [0.717, 1.165) is 19.3 Å². The Balaban J connectivity index is 1.87.